The highest BCUT2D eigenvalue weighted by molar-refractivity contribution is 6.30. The lowest BCUT2D eigenvalue weighted by molar-refractivity contribution is 0.0420. The van der Waals surface area contributed by atoms with Crippen LogP contribution in [0, 0.1) is 5.92 Å². The van der Waals surface area contributed by atoms with Crippen molar-refractivity contribution in [3.8, 4) is 11.5 Å². The predicted molar refractivity (Wildman–Crippen MR) is 131 cm³/mol. The first-order valence-corrected chi connectivity index (χ1v) is 12.0. The highest BCUT2D eigenvalue weighted by atomic mass is 35.5. The number of ether oxygens (including phenoxy) is 2. The molecule has 1 aliphatic carbocycles. The zero-order valence-electron chi connectivity index (χ0n) is 19.5. The van der Waals surface area contributed by atoms with Gasteiger partial charge in [-0.05, 0) is 80.1 Å². The molecule has 4 rings (SSSR count). The molecule has 0 bridgehead atoms. The van der Waals surface area contributed by atoms with Crippen molar-refractivity contribution in [2.24, 2.45) is 5.92 Å². The van der Waals surface area contributed by atoms with E-state index in [2.05, 4.69) is 5.10 Å². The minimum Gasteiger partial charge on any atom is -0.476 e. The minimum atomic E-state index is -1.15. The Bertz CT molecular complexity index is 1150. The van der Waals surface area contributed by atoms with Gasteiger partial charge in [0, 0.05) is 24.3 Å². The van der Waals surface area contributed by atoms with E-state index >= 15 is 0 Å². The van der Waals surface area contributed by atoms with Gasteiger partial charge in [0.25, 0.3) is 0 Å². The maximum atomic E-state index is 12.7. The summed E-state index contributed by atoms with van der Waals surface area (Å²) in [6.45, 7) is 3.53. The maximum Gasteiger partial charge on any atom is 0.356 e. The molecule has 0 saturated heterocycles. The third kappa shape index (κ3) is 6.61. The second-order valence-electron chi connectivity index (χ2n) is 8.58. The van der Waals surface area contributed by atoms with Crippen LogP contribution in [0.15, 0.2) is 60.8 Å². The summed E-state index contributed by atoms with van der Waals surface area (Å²) in [7, 11) is 0. The zero-order chi connectivity index (χ0) is 24.8. The van der Waals surface area contributed by atoms with E-state index < -0.39 is 5.97 Å². The van der Waals surface area contributed by atoms with Gasteiger partial charge in [0.2, 0.25) is 0 Å². The standard InChI is InChI=1S/C26H28ClN3O5/c1-2-29(26(33)30-14-13-24(28-30)25(31)32)16-19-5-10-23(15-19)34-17-18-3-8-21(9-4-18)35-22-11-6-20(27)7-12-22/h3-4,6-9,11-14,19,23H,2,5,10,15-17H2,1H3,(H,31,32)/t19-,23-/m1/s1. The molecule has 8 nitrogen and oxygen atoms in total. The molecule has 1 fully saturated rings. The fourth-order valence-corrected chi connectivity index (χ4v) is 4.32. The van der Waals surface area contributed by atoms with Crippen LogP contribution < -0.4 is 4.74 Å². The summed E-state index contributed by atoms with van der Waals surface area (Å²) >= 11 is 5.91. The van der Waals surface area contributed by atoms with Crippen LogP contribution in [0.4, 0.5) is 4.79 Å². The summed E-state index contributed by atoms with van der Waals surface area (Å²) in [5.41, 5.74) is 0.920. The number of carbonyl (C=O) groups excluding carboxylic acids is 1. The Kier molecular flexibility index (Phi) is 8.05. The Morgan fingerprint density at radius 1 is 1.09 bits per heavy atom. The number of hydrogen-bond donors (Lipinski definition) is 1. The van der Waals surface area contributed by atoms with Crippen LogP contribution in [0.5, 0.6) is 11.5 Å². The normalized spacial score (nSPS) is 17.3. The quantitative estimate of drug-likeness (QED) is 0.407. The number of rotatable bonds is 9. The van der Waals surface area contributed by atoms with Crippen LogP contribution in [0.1, 0.15) is 42.2 Å². The molecule has 3 aromatic rings. The summed E-state index contributed by atoms with van der Waals surface area (Å²) < 4.78 is 13.1. The van der Waals surface area contributed by atoms with Crippen LogP contribution in [0.2, 0.25) is 5.02 Å². The van der Waals surface area contributed by atoms with Crippen LogP contribution in [0.3, 0.4) is 0 Å². The van der Waals surface area contributed by atoms with E-state index in [9.17, 15) is 9.59 Å². The minimum absolute atomic E-state index is 0.141. The average molecular weight is 498 g/mol. The molecule has 0 spiro atoms. The van der Waals surface area contributed by atoms with E-state index in [0.29, 0.717) is 30.6 Å². The van der Waals surface area contributed by atoms with Crippen molar-refractivity contribution in [2.75, 3.05) is 13.1 Å². The van der Waals surface area contributed by atoms with Crippen molar-refractivity contribution in [1.29, 1.82) is 0 Å². The van der Waals surface area contributed by atoms with E-state index in [-0.39, 0.29) is 17.8 Å². The van der Waals surface area contributed by atoms with E-state index in [0.717, 1.165) is 41.0 Å². The number of carboxylic acids is 1. The monoisotopic (exact) mass is 497 g/mol. The second-order valence-corrected chi connectivity index (χ2v) is 9.02. The molecule has 35 heavy (non-hydrogen) atoms. The number of carboxylic acid groups (broad SMARTS) is 1. The van der Waals surface area contributed by atoms with Gasteiger partial charge < -0.3 is 19.5 Å². The van der Waals surface area contributed by atoms with Crippen LogP contribution in [0.25, 0.3) is 0 Å². The van der Waals surface area contributed by atoms with Gasteiger partial charge in [-0.25, -0.2) is 9.59 Å². The average Bonchev–Trinajstić information content (AvgIpc) is 3.53. The largest absolute Gasteiger partial charge is 0.476 e. The van der Waals surface area contributed by atoms with Gasteiger partial charge in [0.1, 0.15) is 11.5 Å². The molecule has 0 aliphatic heterocycles. The van der Waals surface area contributed by atoms with Crippen molar-refractivity contribution in [3.05, 3.63) is 77.1 Å². The molecule has 1 aromatic heterocycles. The number of benzene rings is 2. The third-order valence-corrected chi connectivity index (χ3v) is 6.34. The van der Waals surface area contributed by atoms with Gasteiger partial charge in [0.15, 0.2) is 5.69 Å². The van der Waals surface area contributed by atoms with Gasteiger partial charge in [-0.2, -0.15) is 9.78 Å². The van der Waals surface area contributed by atoms with Crippen molar-refractivity contribution < 1.29 is 24.2 Å². The third-order valence-electron chi connectivity index (χ3n) is 6.09. The highest BCUT2D eigenvalue weighted by Gasteiger charge is 2.28. The van der Waals surface area contributed by atoms with E-state index in [1.807, 2.05) is 43.3 Å². The molecule has 2 aromatic carbocycles. The summed E-state index contributed by atoms with van der Waals surface area (Å²) in [5.74, 6) is 0.645. The molecule has 1 amide bonds. The van der Waals surface area contributed by atoms with Gasteiger partial charge in [0.05, 0.1) is 12.7 Å². The maximum absolute atomic E-state index is 12.7. The Balaban J connectivity index is 1.23. The first-order valence-electron chi connectivity index (χ1n) is 11.6. The van der Waals surface area contributed by atoms with Crippen LogP contribution in [-0.4, -0.2) is 51.0 Å². The number of amides is 1. The molecule has 184 valence electrons. The van der Waals surface area contributed by atoms with Gasteiger partial charge >= 0.3 is 12.0 Å². The number of nitrogens with zero attached hydrogens (tertiary/aromatic N) is 3. The molecule has 1 heterocycles. The van der Waals surface area contributed by atoms with Crippen molar-refractivity contribution in [3.63, 3.8) is 0 Å². The van der Waals surface area contributed by atoms with Gasteiger partial charge in [-0.15, -0.1) is 0 Å². The molecule has 9 heteroatoms. The Hall–Kier alpha value is -3.36. The smallest absolute Gasteiger partial charge is 0.356 e. The summed E-state index contributed by atoms with van der Waals surface area (Å²) in [4.78, 5) is 25.5. The summed E-state index contributed by atoms with van der Waals surface area (Å²) in [6.07, 6.45) is 4.32. The highest BCUT2D eigenvalue weighted by Crippen LogP contribution is 2.30. The molecular weight excluding hydrogens is 470 g/mol. The molecule has 2 atom stereocenters. The number of halogens is 1. The van der Waals surface area contributed by atoms with E-state index in [4.69, 9.17) is 26.2 Å². The summed E-state index contributed by atoms with van der Waals surface area (Å²) in [5, 5.41) is 13.5. The Morgan fingerprint density at radius 3 is 2.40 bits per heavy atom. The molecule has 1 aliphatic rings. The first kappa shape index (κ1) is 24.8. The molecule has 1 saturated carbocycles. The lowest BCUT2D eigenvalue weighted by atomic mass is 10.1. The first-order chi connectivity index (χ1) is 16.9. The number of carbonyl (C=O) groups is 2. The SMILES string of the molecule is CCN(C[C@@H]1CC[C@@H](OCc2ccc(Oc3ccc(Cl)cc3)cc2)C1)C(=O)n1ccc(C(=O)O)n1. The molecule has 0 unspecified atom stereocenters. The van der Waals surface area contributed by atoms with Crippen molar-refractivity contribution >= 4 is 23.6 Å². The second kappa shape index (κ2) is 11.4. The Labute approximate surface area is 209 Å². The number of hydrogen-bond acceptors (Lipinski definition) is 5. The van der Waals surface area contributed by atoms with E-state index in [1.54, 1.807) is 17.0 Å². The molecular formula is C26H28ClN3O5. The van der Waals surface area contributed by atoms with Gasteiger partial charge in [-0.3, -0.25) is 0 Å². The van der Waals surface area contributed by atoms with Crippen LogP contribution in [-0.2, 0) is 11.3 Å². The fourth-order valence-electron chi connectivity index (χ4n) is 4.20. The predicted octanol–water partition coefficient (Wildman–Crippen LogP) is 5.70. The lowest BCUT2D eigenvalue weighted by Gasteiger charge is -2.24. The van der Waals surface area contributed by atoms with Crippen molar-refractivity contribution in [1.82, 2.24) is 14.7 Å². The Morgan fingerprint density at radius 2 is 1.77 bits per heavy atom. The van der Waals surface area contributed by atoms with Gasteiger partial charge in [-0.1, -0.05) is 23.7 Å². The zero-order valence-corrected chi connectivity index (χ0v) is 20.2. The topological polar surface area (TPSA) is 93.9 Å². The number of aromatic nitrogens is 2. The van der Waals surface area contributed by atoms with E-state index in [1.165, 1.54) is 12.3 Å². The van der Waals surface area contributed by atoms with Crippen LogP contribution >= 0.6 is 11.6 Å². The fraction of sp³-hybridized carbons (Fsp3) is 0.346. The van der Waals surface area contributed by atoms with Crippen molar-refractivity contribution in [2.45, 2.75) is 38.9 Å². The summed E-state index contributed by atoms with van der Waals surface area (Å²) in [6, 6.07) is 16.1. The molecule has 1 N–H and O–H groups in total. The molecule has 0 radical (unpaired) electrons. The lowest BCUT2D eigenvalue weighted by Crippen LogP contribution is -2.38. The number of aromatic carboxylic acids is 1.